The molecule has 0 aromatic carbocycles. The van der Waals surface area contributed by atoms with Crippen LogP contribution in [-0.2, 0) is 14.4 Å². The second-order valence-corrected chi connectivity index (χ2v) is 12.6. The van der Waals surface area contributed by atoms with Crippen LogP contribution in [0.25, 0.3) is 0 Å². The van der Waals surface area contributed by atoms with Gasteiger partial charge in [-0.1, -0.05) is 103 Å². The average molecular weight is 515 g/mol. The maximum atomic E-state index is 12.2. The molecule has 0 bridgehead atoms. The predicted molar refractivity (Wildman–Crippen MR) is 156 cm³/mol. The molecule has 37 heavy (non-hydrogen) atoms. The number of carbonyl (C=O) groups excluding carboxylic acids is 3. The van der Waals surface area contributed by atoms with E-state index in [0.29, 0.717) is 36.1 Å². The highest BCUT2D eigenvalue weighted by Crippen LogP contribution is 2.33. The molecule has 0 spiro atoms. The van der Waals surface area contributed by atoms with Crippen molar-refractivity contribution >= 4 is 17.3 Å². The number of Topliss-reactive ketones (excluding diaryl/α,β-unsaturated/α-hetero) is 3. The zero-order chi connectivity index (χ0) is 26.7. The van der Waals surface area contributed by atoms with Gasteiger partial charge in [0, 0.05) is 32.1 Å². The van der Waals surface area contributed by atoms with Gasteiger partial charge in [0.1, 0.15) is 11.6 Å². The maximum Gasteiger partial charge on any atom is 0.159 e. The molecule has 0 aromatic heterocycles. The normalized spacial score (nSPS) is 25.8. The molecule has 3 aliphatic rings. The fraction of sp³-hybridized carbons (Fsp3) is 0.853. The Morgan fingerprint density at radius 3 is 1.22 bits per heavy atom. The molecule has 3 rings (SSSR count). The van der Waals surface area contributed by atoms with Crippen molar-refractivity contribution in [2.24, 2.45) is 11.8 Å². The van der Waals surface area contributed by atoms with Crippen molar-refractivity contribution in [2.45, 2.75) is 174 Å². The van der Waals surface area contributed by atoms with Crippen LogP contribution < -0.4 is 0 Å². The van der Waals surface area contributed by atoms with Crippen LogP contribution in [0.5, 0.6) is 0 Å². The first-order valence-electron chi connectivity index (χ1n) is 16.2. The molecular weight excluding hydrogens is 456 g/mol. The van der Waals surface area contributed by atoms with Gasteiger partial charge in [0.15, 0.2) is 5.78 Å². The Kier molecular flexibility index (Phi) is 17.1. The van der Waals surface area contributed by atoms with Crippen LogP contribution in [0.4, 0.5) is 0 Å². The van der Waals surface area contributed by atoms with Crippen LogP contribution in [0.1, 0.15) is 174 Å². The summed E-state index contributed by atoms with van der Waals surface area (Å²) in [4.78, 5) is 35.8. The van der Waals surface area contributed by atoms with Crippen molar-refractivity contribution in [3.8, 4) is 0 Å². The Balaban J connectivity index is 0.000000260. The summed E-state index contributed by atoms with van der Waals surface area (Å²) in [6.07, 6.45) is 28.7. The minimum Gasteiger partial charge on any atom is -0.300 e. The van der Waals surface area contributed by atoms with E-state index in [1.165, 1.54) is 120 Å². The summed E-state index contributed by atoms with van der Waals surface area (Å²) in [5.41, 5.74) is 2.77. The molecule has 0 heterocycles. The van der Waals surface area contributed by atoms with E-state index in [2.05, 4.69) is 6.92 Å². The summed E-state index contributed by atoms with van der Waals surface area (Å²) in [6, 6.07) is 0. The molecule has 0 aliphatic heterocycles. The van der Waals surface area contributed by atoms with E-state index in [0.717, 1.165) is 38.5 Å². The molecule has 0 N–H and O–H groups in total. The third-order valence-corrected chi connectivity index (χ3v) is 8.61. The summed E-state index contributed by atoms with van der Waals surface area (Å²) >= 11 is 0. The Morgan fingerprint density at radius 1 is 0.405 bits per heavy atom. The molecule has 0 saturated heterocycles. The molecule has 0 amide bonds. The van der Waals surface area contributed by atoms with Crippen molar-refractivity contribution in [1.82, 2.24) is 0 Å². The van der Waals surface area contributed by atoms with Gasteiger partial charge in [-0.05, 0) is 62.4 Å². The lowest BCUT2D eigenvalue weighted by Crippen LogP contribution is -2.18. The first-order chi connectivity index (χ1) is 18.0. The summed E-state index contributed by atoms with van der Waals surface area (Å²) < 4.78 is 0. The monoisotopic (exact) mass is 514 g/mol. The van der Waals surface area contributed by atoms with Crippen LogP contribution in [0.3, 0.4) is 0 Å². The van der Waals surface area contributed by atoms with E-state index in [1.807, 2.05) is 6.92 Å². The van der Waals surface area contributed by atoms with E-state index < -0.39 is 0 Å². The lowest BCUT2D eigenvalue weighted by molar-refractivity contribution is -0.122. The lowest BCUT2D eigenvalue weighted by atomic mass is 9.80. The molecule has 0 radical (unpaired) electrons. The predicted octanol–water partition coefficient (Wildman–Crippen LogP) is 10.0. The molecule has 0 aromatic rings. The number of ketones is 3. The van der Waals surface area contributed by atoms with Gasteiger partial charge in [0.2, 0.25) is 0 Å². The van der Waals surface area contributed by atoms with Crippen molar-refractivity contribution in [1.29, 1.82) is 0 Å². The van der Waals surface area contributed by atoms with Crippen molar-refractivity contribution in [3.63, 3.8) is 0 Å². The van der Waals surface area contributed by atoms with Gasteiger partial charge in [0.25, 0.3) is 0 Å². The van der Waals surface area contributed by atoms with Crippen LogP contribution in [0, 0.1) is 11.8 Å². The topological polar surface area (TPSA) is 51.2 Å². The Morgan fingerprint density at radius 2 is 0.757 bits per heavy atom. The molecule has 3 heteroatoms. The molecule has 1 unspecified atom stereocenters. The number of carbonyl (C=O) groups is 3. The van der Waals surface area contributed by atoms with Crippen LogP contribution in [0.2, 0.25) is 0 Å². The highest BCUT2D eigenvalue weighted by atomic mass is 16.1. The second-order valence-electron chi connectivity index (χ2n) is 12.6. The van der Waals surface area contributed by atoms with E-state index in [1.54, 1.807) is 0 Å². The molecule has 1 atom stereocenters. The second kappa shape index (κ2) is 19.8. The molecule has 212 valence electrons. The van der Waals surface area contributed by atoms with E-state index in [-0.39, 0.29) is 5.92 Å². The van der Waals surface area contributed by atoms with E-state index in [9.17, 15) is 14.4 Å². The van der Waals surface area contributed by atoms with Gasteiger partial charge < -0.3 is 0 Å². The van der Waals surface area contributed by atoms with E-state index in [4.69, 9.17) is 0 Å². The maximum absolute atomic E-state index is 12.2. The molecule has 1 saturated carbocycles. The molecule has 3 aliphatic carbocycles. The Bertz CT molecular complexity index is 678. The molecule has 1 fully saturated rings. The van der Waals surface area contributed by atoms with Gasteiger partial charge >= 0.3 is 0 Å². The number of hydrogen-bond donors (Lipinski definition) is 0. The standard InChI is InChI=1S/C17H30O2.C17H28O/c1-15-13-16(18)11-9-7-5-3-2-4-6-8-10-12-17(19)14-15;1-14-12-15-10-8-6-4-2-3-5-7-9-11-16(15)17(18)13-14/h15H,2-14H2,1H3;14H,2-13H2,1H3. The van der Waals surface area contributed by atoms with Crippen LogP contribution in [-0.4, -0.2) is 17.3 Å². The van der Waals surface area contributed by atoms with Crippen molar-refractivity contribution in [3.05, 3.63) is 11.1 Å². The number of allylic oxidation sites excluding steroid dienone is 2. The summed E-state index contributed by atoms with van der Waals surface area (Å²) in [7, 11) is 0. The Labute approximate surface area is 229 Å². The Hall–Kier alpha value is -1.25. The average Bonchev–Trinajstić information content (AvgIpc) is 2.83. The fourth-order valence-corrected chi connectivity index (χ4v) is 6.46. The van der Waals surface area contributed by atoms with Gasteiger partial charge in [-0.25, -0.2) is 0 Å². The fourth-order valence-electron chi connectivity index (χ4n) is 6.46. The highest BCUT2D eigenvalue weighted by Gasteiger charge is 2.24. The zero-order valence-corrected chi connectivity index (χ0v) is 24.6. The van der Waals surface area contributed by atoms with Gasteiger partial charge in [-0.2, -0.15) is 0 Å². The first-order valence-corrected chi connectivity index (χ1v) is 16.2. The van der Waals surface area contributed by atoms with Crippen LogP contribution in [0.15, 0.2) is 11.1 Å². The first kappa shape index (κ1) is 32.0. The van der Waals surface area contributed by atoms with Crippen LogP contribution >= 0.6 is 0 Å². The minimum absolute atomic E-state index is 0.243. The van der Waals surface area contributed by atoms with Gasteiger partial charge in [-0.3, -0.25) is 14.4 Å². The van der Waals surface area contributed by atoms with Gasteiger partial charge in [0.05, 0.1) is 0 Å². The largest absolute Gasteiger partial charge is 0.300 e. The number of hydrogen-bond acceptors (Lipinski definition) is 3. The zero-order valence-electron chi connectivity index (χ0n) is 24.6. The number of rotatable bonds is 0. The quantitative estimate of drug-likeness (QED) is 0.323. The van der Waals surface area contributed by atoms with Crippen molar-refractivity contribution in [2.75, 3.05) is 0 Å². The smallest absolute Gasteiger partial charge is 0.159 e. The summed E-state index contributed by atoms with van der Waals surface area (Å²) in [5.74, 6) is 2.01. The third-order valence-electron chi connectivity index (χ3n) is 8.61. The van der Waals surface area contributed by atoms with E-state index >= 15 is 0 Å². The summed E-state index contributed by atoms with van der Waals surface area (Å²) in [5, 5.41) is 0. The van der Waals surface area contributed by atoms with Gasteiger partial charge in [-0.15, -0.1) is 0 Å². The summed E-state index contributed by atoms with van der Waals surface area (Å²) in [6.45, 7) is 4.27. The van der Waals surface area contributed by atoms with Crippen molar-refractivity contribution < 1.29 is 14.4 Å². The molecule has 3 nitrogen and oxygen atoms in total. The minimum atomic E-state index is 0.243. The lowest BCUT2D eigenvalue weighted by Gasteiger charge is -2.24. The SMILES string of the molecule is CC1CC(=O)C2=C(CCCCCCCCCC2)C1.CC1CC(=O)CCCCCCCCCCCC(=O)C1. The highest BCUT2D eigenvalue weighted by molar-refractivity contribution is 5.97. The third kappa shape index (κ3) is 15.1. The molecular formula is C34H58O3.